The van der Waals surface area contributed by atoms with E-state index in [1.807, 2.05) is 0 Å². The van der Waals surface area contributed by atoms with E-state index in [0.717, 1.165) is 6.92 Å². The van der Waals surface area contributed by atoms with Gasteiger partial charge in [0.25, 0.3) is 6.47 Å². The molecule has 1 atom stereocenters. The first-order valence-corrected chi connectivity index (χ1v) is 3.54. The van der Waals surface area contributed by atoms with E-state index in [9.17, 15) is 13.6 Å². The summed E-state index contributed by atoms with van der Waals surface area (Å²) in [6.07, 6.45) is -1.13. The Kier molecular flexibility index (Phi) is 4.73. The number of carbonyl (C=O) groups is 1. The molecule has 3 nitrogen and oxygen atoms in total. The summed E-state index contributed by atoms with van der Waals surface area (Å²) in [6, 6.07) is 0. The highest BCUT2D eigenvalue weighted by Crippen LogP contribution is 2.16. The van der Waals surface area contributed by atoms with Gasteiger partial charge in [-0.15, -0.1) is 0 Å². The van der Waals surface area contributed by atoms with Crippen molar-refractivity contribution in [3.8, 4) is 0 Å². The van der Waals surface area contributed by atoms with Gasteiger partial charge in [-0.2, -0.15) is 0 Å². The Morgan fingerprint density at radius 1 is 1.58 bits per heavy atom. The molecule has 0 spiro atoms. The van der Waals surface area contributed by atoms with Crippen LogP contribution in [0.15, 0.2) is 0 Å². The fourth-order valence-corrected chi connectivity index (χ4v) is 0.522. The van der Waals surface area contributed by atoms with E-state index >= 15 is 0 Å². The molecular weight excluding hydrogens is 170 g/mol. The van der Waals surface area contributed by atoms with Gasteiger partial charge in [0.2, 0.25) is 5.92 Å². The number of rotatable bonds is 6. The Morgan fingerprint density at radius 2 is 2.17 bits per heavy atom. The van der Waals surface area contributed by atoms with Gasteiger partial charge in [0.1, 0.15) is 0 Å². The molecule has 0 saturated heterocycles. The maximum absolute atomic E-state index is 12.2. The van der Waals surface area contributed by atoms with Crippen molar-refractivity contribution in [3.63, 3.8) is 0 Å². The van der Waals surface area contributed by atoms with Crippen LogP contribution in [0.4, 0.5) is 8.78 Å². The van der Waals surface area contributed by atoms with Gasteiger partial charge in [0.15, 0.2) is 6.29 Å². The number of alkyl halides is 2. The van der Waals surface area contributed by atoms with Crippen LogP contribution in [0.1, 0.15) is 20.3 Å². The van der Waals surface area contributed by atoms with Gasteiger partial charge >= 0.3 is 0 Å². The Balaban J connectivity index is 3.36. The highest BCUT2D eigenvalue weighted by Gasteiger charge is 2.20. The Hall–Kier alpha value is -0.710. The third kappa shape index (κ3) is 7.40. The molecule has 0 radical (unpaired) electrons. The highest BCUT2D eigenvalue weighted by molar-refractivity contribution is 5.37. The minimum absolute atomic E-state index is 0.126. The molecule has 0 fully saturated rings. The molecule has 0 aromatic rings. The van der Waals surface area contributed by atoms with Crippen LogP contribution in [-0.4, -0.2) is 25.3 Å². The van der Waals surface area contributed by atoms with Crippen LogP contribution in [0, 0.1) is 0 Å². The van der Waals surface area contributed by atoms with E-state index < -0.39 is 12.2 Å². The monoisotopic (exact) mass is 182 g/mol. The zero-order chi connectivity index (χ0) is 9.61. The summed E-state index contributed by atoms with van der Waals surface area (Å²) in [5.74, 6) is -2.74. The first-order chi connectivity index (χ1) is 5.45. The van der Waals surface area contributed by atoms with Crippen molar-refractivity contribution in [2.24, 2.45) is 0 Å². The molecule has 1 unspecified atom stereocenters. The Bertz CT molecular complexity index is 133. The molecule has 5 heteroatoms. The largest absolute Gasteiger partial charge is 0.438 e. The molecular formula is C7H12F2O3. The lowest BCUT2D eigenvalue weighted by Gasteiger charge is -2.13. The summed E-state index contributed by atoms with van der Waals surface area (Å²) in [5.41, 5.74) is 0. The summed E-state index contributed by atoms with van der Waals surface area (Å²) in [7, 11) is 0. The maximum atomic E-state index is 12.2. The molecule has 0 saturated carbocycles. The molecule has 72 valence electrons. The fraction of sp³-hybridized carbons (Fsp3) is 0.857. The van der Waals surface area contributed by atoms with Crippen LogP contribution in [0.3, 0.4) is 0 Å². The van der Waals surface area contributed by atoms with Gasteiger partial charge in [0.05, 0.1) is 6.61 Å². The Labute approximate surface area is 69.6 Å². The van der Waals surface area contributed by atoms with Crippen LogP contribution in [0.25, 0.3) is 0 Å². The molecule has 0 N–H and O–H groups in total. The quantitative estimate of drug-likeness (QED) is 0.462. The van der Waals surface area contributed by atoms with Crippen LogP contribution in [0.2, 0.25) is 0 Å². The van der Waals surface area contributed by atoms with Crippen molar-refractivity contribution in [3.05, 3.63) is 0 Å². The second kappa shape index (κ2) is 5.03. The first-order valence-electron chi connectivity index (χ1n) is 3.54. The van der Waals surface area contributed by atoms with Gasteiger partial charge in [-0.1, -0.05) is 0 Å². The average molecular weight is 182 g/mol. The number of hydrogen-bond acceptors (Lipinski definition) is 3. The third-order valence-corrected chi connectivity index (χ3v) is 1.14. The predicted octanol–water partition coefficient (Wildman–Crippen LogP) is 1.57. The molecule has 0 aromatic heterocycles. The maximum Gasteiger partial charge on any atom is 0.295 e. The van der Waals surface area contributed by atoms with Crippen molar-refractivity contribution in [2.45, 2.75) is 32.5 Å². The standard InChI is InChI=1S/C7H12F2O3/c1-6(12-5-10)11-4-3-7(2,8)9/h5-6H,3-4H2,1-2H3. The molecule has 0 amide bonds. The minimum atomic E-state index is -2.74. The van der Waals surface area contributed by atoms with Crippen LogP contribution >= 0.6 is 0 Å². The van der Waals surface area contributed by atoms with Crippen LogP contribution < -0.4 is 0 Å². The molecule has 0 aromatic carbocycles. The summed E-state index contributed by atoms with van der Waals surface area (Å²) in [5, 5.41) is 0. The lowest BCUT2D eigenvalue weighted by Crippen LogP contribution is -2.18. The van der Waals surface area contributed by atoms with Crippen LogP contribution in [-0.2, 0) is 14.3 Å². The summed E-state index contributed by atoms with van der Waals surface area (Å²) < 4.78 is 33.4. The molecule has 0 aliphatic heterocycles. The van der Waals surface area contributed by atoms with E-state index in [0.29, 0.717) is 0 Å². The molecule has 0 aliphatic rings. The summed E-state index contributed by atoms with van der Waals surface area (Å²) >= 11 is 0. The van der Waals surface area contributed by atoms with Gasteiger partial charge in [-0.3, -0.25) is 4.79 Å². The van der Waals surface area contributed by atoms with Crippen molar-refractivity contribution in [1.82, 2.24) is 0 Å². The second-order valence-corrected chi connectivity index (χ2v) is 2.49. The molecule has 0 heterocycles. The molecule has 12 heavy (non-hydrogen) atoms. The molecule has 0 aliphatic carbocycles. The average Bonchev–Trinajstić information content (AvgIpc) is 1.84. The van der Waals surface area contributed by atoms with Crippen molar-refractivity contribution < 1.29 is 23.0 Å². The van der Waals surface area contributed by atoms with Gasteiger partial charge in [-0.25, -0.2) is 8.78 Å². The molecule has 0 rings (SSSR count). The Morgan fingerprint density at radius 3 is 2.58 bits per heavy atom. The van der Waals surface area contributed by atoms with E-state index in [2.05, 4.69) is 4.74 Å². The summed E-state index contributed by atoms with van der Waals surface area (Å²) in [4.78, 5) is 9.72. The highest BCUT2D eigenvalue weighted by atomic mass is 19.3. The lowest BCUT2D eigenvalue weighted by atomic mass is 10.3. The minimum Gasteiger partial charge on any atom is -0.438 e. The summed E-state index contributed by atoms with van der Waals surface area (Å²) in [6.45, 7) is 2.36. The second-order valence-electron chi connectivity index (χ2n) is 2.49. The first kappa shape index (κ1) is 11.3. The van der Waals surface area contributed by atoms with Gasteiger partial charge < -0.3 is 9.47 Å². The number of halogens is 2. The number of carbonyl (C=O) groups excluding carboxylic acids is 1. The van der Waals surface area contributed by atoms with Gasteiger partial charge in [0, 0.05) is 6.42 Å². The SMILES string of the molecule is CC(OC=O)OCCC(C)(F)F. The topological polar surface area (TPSA) is 35.5 Å². The normalized spacial score (nSPS) is 14.0. The van der Waals surface area contributed by atoms with E-state index in [4.69, 9.17) is 4.74 Å². The third-order valence-electron chi connectivity index (χ3n) is 1.14. The van der Waals surface area contributed by atoms with Crippen LogP contribution in [0.5, 0.6) is 0 Å². The number of hydrogen-bond donors (Lipinski definition) is 0. The van der Waals surface area contributed by atoms with Crippen molar-refractivity contribution in [1.29, 1.82) is 0 Å². The van der Waals surface area contributed by atoms with Crippen molar-refractivity contribution in [2.75, 3.05) is 6.61 Å². The zero-order valence-electron chi connectivity index (χ0n) is 7.05. The predicted molar refractivity (Wildman–Crippen MR) is 37.8 cm³/mol. The van der Waals surface area contributed by atoms with E-state index in [1.54, 1.807) is 0 Å². The fourth-order valence-electron chi connectivity index (χ4n) is 0.522. The van der Waals surface area contributed by atoms with E-state index in [1.165, 1.54) is 6.92 Å². The van der Waals surface area contributed by atoms with Gasteiger partial charge in [-0.05, 0) is 13.8 Å². The van der Waals surface area contributed by atoms with Crippen molar-refractivity contribution >= 4 is 6.47 Å². The lowest BCUT2D eigenvalue weighted by molar-refractivity contribution is -0.162. The van der Waals surface area contributed by atoms with E-state index in [-0.39, 0.29) is 19.5 Å². The molecule has 0 bridgehead atoms. The smallest absolute Gasteiger partial charge is 0.295 e. The number of ether oxygens (including phenoxy) is 2. The zero-order valence-corrected chi connectivity index (χ0v) is 7.05.